The third-order valence-electron chi connectivity index (χ3n) is 2.93. The Morgan fingerprint density at radius 2 is 2.13 bits per heavy atom. The smallest absolute Gasteiger partial charge is 0.0661 e. The van der Waals surface area contributed by atoms with Gasteiger partial charge in [0.2, 0.25) is 0 Å². The molecule has 0 aliphatic heterocycles. The Kier molecular flexibility index (Phi) is 3.27. The van der Waals surface area contributed by atoms with Gasteiger partial charge >= 0.3 is 0 Å². The SMILES string of the molecule is COCC(C)Nc1ccc2c(c1)CCC2. The number of fused-ring (bicyclic) bond motifs is 1. The standard InChI is InChI=1S/C13H19NO/c1-10(9-15-2)14-13-7-6-11-4-3-5-12(11)8-13/h6-8,10,14H,3-5,9H2,1-2H3. The molecule has 1 aromatic rings. The van der Waals surface area contributed by atoms with Gasteiger partial charge in [0.05, 0.1) is 6.61 Å². The van der Waals surface area contributed by atoms with Gasteiger partial charge in [-0.15, -0.1) is 0 Å². The zero-order chi connectivity index (χ0) is 10.7. The maximum Gasteiger partial charge on any atom is 0.0661 e. The number of nitrogens with one attached hydrogen (secondary N) is 1. The molecule has 0 bridgehead atoms. The van der Waals surface area contributed by atoms with E-state index in [0.717, 1.165) is 6.61 Å². The highest BCUT2D eigenvalue weighted by Gasteiger charge is 2.11. The van der Waals surface area contributed by atoms with Crippen LogP contribution >= 0.6 is 0 Å². The molecule has 1 atom stereocenters. The van der Waals surface area contributed by atoms with Crippen molar-refractivity contribution in [3.05, 3.63) is 29.3 Å². The van der Waals surface area contributed by atoms with Crippen molar-refractivity contribution in [3.63, 3.8) is 0 Å². The van der Waals surface area contributed by atoms with Gasteiger partial charge in [0.1, 0.15) is 0 Å². The van der Waals surface area contributed by atoms with Crippen LogP contribution in [-0.4, -0.2) is 19.8 Å². The Hall–Kier alpha value is -1.02. The summed E-state index contributed by atoms with van der Waals surface area (Å²) in [7, 11) is 1.74. The topological polar surface area (TPSA) is 21.3 Å². The van der Waals surface area contributed by atoms with Gasteiger partial charge in [-0.25, -0.2) is 0 Å². The van der Waals surface area contributed by atoms with E-state index in [-0.39, 0.29) is 0 Å². The van der Waals surface area contributed by atoms with E-state index in [9.17, 15) is 0 Å². The number of aryl methyl sites for hydroxylation is 2. The van der Waals surface area contributed by atoms with Crippen molar-refractivity contribution < 1.29 is 4.74 Å². The molecule has 0 saturated carbocycles. The predicted molar refractivity (Wildman–Crippen MR) is 63.4 cm³/mol. The number of hydrogen-bond donors (Lipinski definition) is 1. The summed E-state index contributed by atoms with van der Waals surface area (Å²) in [6, 6.07) is 7.09. The average molecular weight is 205 g/mol. The van der Waals surface area contributed by atoms with Gasteiger partial charge in [-0.2, -0.15) is 0 Å². The molecule has 1 unspecified atom stereocenters. The fraction of sp³-hybridized carbons (Fsp3) is 0.538. The first-order valence-corrected chi connectivity index (χ1v) is 5.67. The summed E-state index contributed by atoms with van der Waals surface area (Å²) in [5, 5.41) is 3.45. The van der Waals surface area contributed by atoms with Gasteiger partial charge in [0.25, 0.3) is 0 Å². The van der Waals surface area contributed by atoms with E-state index in [4.69, 9.17) is 4.74 Å². The Balaban J connectivity index is 2.03. The number of rotatable bonds is 4. The van der Waals surface area contributed by atoms with Crippen LogP contribution in [0.3, 0.4) is 0 Å². The lowest BCUT2D eigenvalue weighted by atomic mass is 10.1. The van der Waals surface area contributed by atoms with Crippen LogP contribution in [0.5, 0.6) is 0 Å². The van der Waals surface area contributed by atoms with E-state index in [0.29, 0.717) is 6.04 Å². The van der Waals surface area contributed by atoms with Crippen LogP contribution < -0.4 is 5.32 Å². The second-order valence-electron chi connectivity index (χ2n) is 4.34. The van der Waals surface area contributed by atoms with Crippen molar-refractivity contribution in [1.82, 2.24) is 0 Å². The average Bonchev–Trinajstić information content (AvgIpc) is 2.65. The normalized spacial score (nSPS) is 16.1. The van der Waals surface area contributed by atoms with Gasteiger partial charge in [0, 0.05) is 18.8 Å². The molecule has 82 valence electrons. The minimum atomic E-state index is 0.370. The fourth-order valence-corrected chi connectivity index (χ4v) is 2.24. The Morgan fingerprint density at radius 1 is 1.33 bits per heavy atom. The molecule has 1 aliphatic carbocycles. The van der Waals surface area contributed by atoms with Crippen LogP contribution in [-0.2, 0) is 17.6 Å². The number of anilines is 1. The minimum absolute atomic E-state index is 0.370. The van der Waals surface area contributed by atoms with Crippen LogP contribution in [0.2, 0.25) is 0 Å². The lowest BCUT2D eigenvalue weighted by molar-refractivity contribution is 0.190. The highest BCUT2D eigenvalue weighted by molar-refractivity contribution is 5.50. The summed E-state index contributed by atoms with van der Waals surface area (Å²) >= 11 is 0. The van der Waals surface area contributed by atoms with E-state index in [1.165, 1.54) is 36.1 Å². The third-order valence-corrected chi connectivity index (χ3v) is 2.93. The summed E-state index contributed by atoms with van der Waals surface area (Å²) in [6.45, 7) is 2.88. The lowest BCUT2D eigenvalue weighted by Crippen LogP contribution is -2.20. The molecule has 0 fully saturated rings. The molecule has 2 nitrogen and oxygen atoms in total. The molecule has 1 aromatic carbocycles. The molecule has 1 N–H and O–H groups in total. The van der Waals surface area contributed by atoms with E-state index in [1.54, 1.807) is 7.11 Å². The summed E-state index contributed by atoms with van der Waals surface area (Å²) in [5.41, 5.74) is 4.27. The van der Waals surface area contributed by atoms with Crippen molar-refractivity contribution in [2.45, 2.75) is 32.2 Å². The molecule has 1 aliphatic rings. The van der Waals surface area contributed by atoms with Crippen LogP contribution in [0.4, 0.5) is 5.69 Å². The summed E-state index contributed by atoms with van der Waals surface area (Å²) in [5.74, 6) is 0. The molecule has 2 heteroatoms. The first-order chi connectivity index (χ1) is 7.29. The zero-order valence-corrected chi connectivity index (χ0v) is 9.55. The maximum absolute atomic E-state index is 5.11. The largest absolute Gasteiger partial charge is 0.383 e. The van der Waals surface area contributed by atoms with E-state index in [2.05, 4.69) is 30.4 Å². The Labute approximate surface area is 91.6 Å². The van der Waals surface area contributed by atoms with E-state index < -0.39 is 0 Å². The quantitative estimate of drug-likeness (QED) is 0.816. The van der Waals surface area contributed by atoms with Crippen molar-refractivity contribution in [2.24, 2.45) is 0 Å². The van der Waals surface area contributed by atoms with Gasteiger partial charge in [-0.1, -0.05) is 6.07 Å². The number of hydrogen-bond acceptors (Lipinski definition) is 2. The number of ether oxygens (including phenoxy) is 1. The van der Waals surface area contributed by atoms with Crippen molar-refractivity contribution in [2.75, 3.05) is 19.0 Å². The van der Waals surface area contributed by atoms with Crippen LogP contribution in [0.1, 0.15) is 24.5 Å². The first kappa shape index (κ1) is 10.5. The van der Waals surface area contributed by atoms with E-state index in [1.807, 2.05) is 0 Å². The summed E-state index contributed by atoms with van der Waals surface area (Å²) in [6.07, 6.45) is 3.80. The first-order valence-electron chi connectivity index (χ1n) is 5.67. The van der Waals surface area contributed by atoms with Crippen molar-refractivity contribution in [1.29, 1.82) is 0 Å². The maximum atomic E-state index is 5.11. The molecular formula is C13H19NO. The summed E-state index contributed by atoms with van der Waals surface area (Å²) in [4.78, 5) is 0. The van der Waals surface area contributed by atoms with Gasteiger partial charge in [0.15, 0.2) is 0 Å². The molecule has 2 rings (SSSR count). The zero-order valence-electron chi connectivity index (χ0n) is 9.55. The molecule has 15 heavy (non-hydrogen) atoms. The third kappa shape index (κ3) is 2.51. The monoisotopic (exact) mass is 205 g/mol. The van der Waals surface area contributed by atoms with Crippen molar-refractivity contribution in [3.8, 4) is 0 Å². The minimum Gasteiger partial charge on any atom is -0.383 e. The molecule has 0 amide bonds. The number of methoxy groups -OCH3 is 1. The molecule has 0 saturated heterocycles. The molecule has 0 spiro atoms. The van der Waals surface area contributed by atoms with Crippen LogP contribution in [0.15, 0.2) is 18.2 Å². The fourth-order valence-electron chi connectivity index (χ4n) is 2.24. The molecule has 0 aromatic heterocycles. The Bertz CT molecular complexity index is 335. The van der Waals surface area contributed by atoms with Gasteiger partial charge < -0.3 is 10.1 Å². The highest BCUT2D eigenvalue weighted by Crippen LogP contribution is 2.25. The highest BCUT2D eigenvalue weighted by atomic mass is 16.5. The second kappa shape index (κ2) is 4.67. The van der Waals surface area contributed by atoms with Gasteiger partial charge in [-0.05, 0) is 49.4 Å². The van der Waals surface area contributed by atoms with Gasteiger partial charge in [-0.3, -0.25) is 0 Å². The molecule has 0 radical (unpaired) electrons. The molecule has 0 heterocycles. The van der Waals surface area contributed by atoms with Crippen molar-refractivity contribution >= 4 is 5.69 Å². The predicted octanol–water partition coefficient (Wildman–Crippen LogP) is 2.62. The van der Waals surface area contributed by atoms with E-state index >= 15 is 0 Å². The number of benzene rings is 1. The second-order valence-corrected chi connectivity index (χ2v) is 4.34. The lowest BCUT2D eigenvalue weighted by Gasteiger charge is -2.15. The molecular weight excluding hydrogens is 186 g/mol. The van der Waals surface area contributed by atoms with Crippen LogP contribution in [0.25, 0.3) is 0 Å². The Morgan fingerprint density at radius 3 is 2.93 bits per heavy atom. The van der Waals surface area contributed by atoms with Crippen LogP contribution in [0, 0.1) is 0 Å². The summed E-state index contributed by atoms with van der Waals surface area (Å²) < 4.78 is 5.11.